The number of aryl methyl sites for hydroxylation is 2. The van der Waals surface area contributed by atoms with Crippen LogP contribution in [-0.4, -0.2) is 39.4 Å². The Balaban J connectivity index is 1.73. The number of benzene rings is 1. The van der Waals surface area contributed by atoms with Crippen LogP contribution in [0, 0.1) is 6.92 Å². The maximum absolute atomic E-state index is 12.5. The Bertz CT molecular complexity index is 784. The van der Waals surface area contributed by atoms with Gasteiger partial charge in [-0.3, -0.25) is 9.48 Å². The van der Waals surface area contributed by atoms with Crippen molar-refractivity contribution in [3.8, 4) is 5.75 Å². The number of carbonyl (C=O) groups is 2. The van der Waals surface area contributed by atoms with Gasteiger partial charge in [0.2, 0.25) is 5.91 Å². The van der Waals surface area contributed by atoms with Crippen LogP contribution in [-0.2, 0) is 23.1 Å². The third-order valence-electron chi connectivity index (χ3n) is 4.17. The Hall–Kier alpha value is -2.83. The van der Waals surface area contributed by atoms with Gasteiger partial charge in [0.1, 0.15) is 24.3 Å². The number of hydrogen-bond acceptors (Lipinski definition) is 4. The maximum Gasteiger partial charge on any atom is 0.326 e. The molecule has 2 atom stereocenters. The van der Waals surface area contributed by atoms with E-state index in [9.17, 15) is 14.7 Å². The van der Waals surface area contributed by atoms with E-state index >= 15 is 0 Å². The van der Waals surface area contributed by atoms with Gasteiger partial charge in [-0.25, -0.2) is 4.79 Å². The number of carboxylic acids is 1. The molecule has 3 rings (SSSR count). The van der Waals surface area contributed by atoms with Crippen molar-refractivity contribution >= 4 is 11.9 Å². The van der Waals surface area contributed by atoms with Crippen molar-refractivity contribution < 1.29 is 19.4 Å². The molecule has 0 radical (unpaired) electrons. The summed E-state index contributed by atoms with van der Waals surface area (Å²) in [7, 11) is 1.78. The Labute approximate surface area is 139 Å². The Morgan fingerprint density at radius 3 is 2.88 bits per heavy atom. The first-order valence-electron chi connectivity index (χ1n) is 7.69. The number of carbonyl (C=O) groups excluding carboxylic acids is 1. The molecule has 0 fully saturated rings. The highest BCUT2D eigenvalue weighted by atomic mass is 16.5. The normalized spacial score (nSPS) is 17.0. The minimum atomic E-state index is -1.07. The predicted octanol–water partition coefficient (Wildman–Crippen LogP) is 1.02. The third kappa shape index (κ3) is 3.10. The Morgan fingerprint density at radius 2 is 2.21 bits per heavy atom. The summed E-state index contributed by atoms with van der Waals surface area (Å²) in [6.45, 7) is 2.04. The van der Waals surface area contributed by atoms with E-state index in [-0.39, 0.29) is 18.9 Å². The van der Waals surface area contributed by atoms with Gasteiger partial charge < -0.3 is 15.2 Å². The summed E-state index contributed by atoms with van der Waals surface area (Å²) in [6, 6.07) is 6.29. The van der Waals surface area contributed by atoms with Crippen LogP contribution in [0.2, 0.25) is 0 Å². The predicted molar refractivity (Wildman–Crippen MR) is 85.9 cm³/mol. The highest BCUT2D eigenvalue weighted by Gasteiger charge is 2.32. The number of rotatable bonds is 5. The second-order valence-corrected chi connectivity index (χ2v) is 5.92. The van der Waals surface area contributed by atoms with Crippen molar-refractivity contribution in [3.63, 3.8) is 0 Å². The van der Waals surface area contributed by atoms with E-state index in [0.717, 1.165) is 16.8 Å². The molecule has 126 valence electrons. The number of aromatic nitrogens is 2. The van der Waals surface area contributed by atoms with Crippen molar-refractivity contribution in [3.05, 3.63) is 47.3 Å². The molecule has 1 aromatic carbocycles. The molecule has 2 aromatic rings. The zero-order valence-corrected chi connectivity index (χ0v) is 13.5. The second-order valence-electron chi connectivity index (χ2n) is 5.92. The number of para-hydroxylation sites is 1. The van der Waals surface area contributed by atoms with E-state index in [1.165, 1.54) is 0 Å². The largest absolute Gasteiger partial charge is 0.492 e. The van der Waals surface area contributed by atoms with E-state index in [1.807, 2.05) is 25.1 Å². The van der Waals surface area contributed by atoms with Gasteiger partial charge in [-0.15, -0.1) is 0 Å². The lowest BCUT2D eigenvalue weighted by atomic mass is 9.99. The number of carboxylic acid groups (broad SMARTS) is 1. The Morgan fingerprint density at radius 1 is 1.46 bits per heavy atom. The lowest BCUT2D eigenvalue weighted by Gasteiger charge is -2.17. The average Bonchev–Trinajstić information content (AvgIpc) is 3.09. The molecule has 7 heteroatoms. The van der Waals surface area contributed by atoms with Gasteiger partial charge in [0.25, 0.3) is 0 Å². The summed E-state index contributed by atoms with van der Waals surface area (Å²) in [5, 5.41) is 16.3. The maximum atomic E-state index is 12.5. The number of amides is 1. The Kier molecular flexibility index (Phi) is 4.24. The second kappa shape index (κ2) is 6.35. The lowest BCUT2D eigenvalue weighted by molar-refractivity contribution is -0.142. The van der Waals surface area contributed by atoms with Crippen LogP contribution >= 0.6 is 0 Å². The van der Waals surface area contributed by atoms with E-state index in [4.69, 9.17) is 4.74 Å². The van der Waals surface area contributed by atoms with Gasteiger partial charge in [-0.1, -0.05) is 18.2 Å². The molecular weight excluding hydrogens is 310 g/mol. The molecule has 0 aliphatic carbocycles. The van der Waals surface area contributed by atoms with Crippen LogP contribution in [0.5, 0.6) is 5.75 Å². The zero-order valence-electron chi connectivity index (χ0n) is 13.5. The summed E-state index contributed by atoms with van der Waals surface area (Å²) in [4.78, 5) is 24.1. The zero-order chi connectivity index (χ0) is 17.3. The minimum Gasteiger partial charge on any atom is -0.492 e. The van der Waals surface area contributed by atoms with E-state index in [0.29, 0.717) is 5.75 Å². The fourth-order valence-corrected chi connectivity index (χ4v) is 2.92. The quantitative estimate of drug-likeness (QED) is 0.854. The molecule has 1 aliphatic heterocycles. The first-order valence-corrected chi connectivity index (χ1v) is 7.69. The third-order valence-corrected chi connectivity index (χ3v) is 4.17. The summed E-state index contributed by atoms with van der Waals surface area (Å²) in [6.07, 6.45) is 1.96. The smallest absolute Gasteiger partial charge is 0.326 e. The molecular formula is C17H19N3O4. The summed E-state index contributed by atoms with van der Waals surface area (Å²) in [5.74, 6) is -1.22. The number of nitrogens with one attached hydrogen (secondary N) is 1. The van der Waals surface area contributed by atoms with Crippen LogP contribution in [0.25, 0.3) is 0 Å². The lowest BCUT2D eigenvalue weighted by Crippen LogP contribution is -2.44. The molecule has 0 bridgehead atoms. The molecule has 2 unspecified atom stereocenters. The number of fused-ring (bicyclic) bond motifs is 1. The standard InChI is InChI=1S/C17H19N3O4/c1-10-11(8-20(2)19-10)7-14(17(22)23)18-16(21)13-9-24-15-6-4-3-5-12(13)15/h3-6,8,13-14H,7,9H2,1-2H3,(H,18,21)(H,22,23). The van der Waals surface area contributed by atoms with Crippen LogP contribution < -0.4 is 10.1 Å². The molecule has 0 saturated carbocycles. The molecule has 7 nitrogen and oxygen atoms in total. The van der Waals surface area contributed by atoms with E-state index in [1.54, 1.807) is 24.0 Å². The van der Waals surface area contributed by atoms with Gasteiger partial charge in [0.05, 0.1) is 5.69 Å². The molecule has 2 heterocycles. The average molecular weight is 329 g/mol. The molecule has 1 amide bonds. The molecule has 1 aromatic heterocycles. The molecule has 24 heavy (non-hydrogen) atoms. The van der Waals surface area contributed by atoms with Crippen molar-refractivity contribution in [2.45, 2.75) is 25.3 Å². The van der Waals surface area contributed by atoms with E-state index in [2.05, 4.69) is 10.4 Å². The first kappa shape index (κ1) is 16.0. The minimum absolute atomic E-state index is 0.190. The number of hydrogen-bond donors (Lipinski definition) is 2. The highest BCUT2D eigenvalue weighted by molar-refractivity contribution is 5.89. The van der Waals surface area contributed by atoms with Gasteiger partial charge in [-0.05, 0) is 18.6 Å². The van der Waals surface area contributed by atoms with Crippen LogP contribution in [0.4, 0.5) is 0 Å². The van der Waals surface area contributed by atoms with Crippen molar-refractivity contribution in [2.24, 2.45) is 7.05 Å². The molecule has 0 spiro atoms. The highest BCUT2D eigenvalue weighted by Crippen LogP contribution is 2.33. The fraction of sp³-hybridized carbons (Fsp3) is 0.353. The SMILES string of the molecule is Cc1nn(C)cc1CC(NC(=O)C1COc2ccccc21)C(=O)O. The number of aliphatic carboxylic acids is 1. The van der Waals surface area contributed by atoms with Gasteiger partial charge >= 0.3 is 5.97 Å². The van der Waals surface area contributed by atoms with Crippen molar-refractivity contribution in [1.82, 2.24) is 15.1 Å². The van der Waals surface area contributed by atoms with Crippen LogP contribution in [0.1, 0.15) is 22.7 Å². The monoisotopic (exact) mass is 329 g/mol. The van der Waals surface area contributed by atoms with Crippen LogP contribution in [0.15, 0.2) is 30.5 Å². The van der Waals surface area contributed by atoms with Crippen LogP contribution in [0.3, 0.4) is 0 Å². The number of ether oxygens (including phenoxy) is 1. The molecule has 1 aliphatic rings. The summed E-state index contributed by atoms with van der Waals surface area (Å²) >= 11 is 0. The fourth-order valence-electron chi connectivity index (χ4n) is 2.92. The summed E-state index contributed by atoms with van der Waals surface area (Å²) < 4.78 is 7.12. The number of nitrogens with zero attached hydrogens (tertiary/aromatic N) is 2. The first-order chi connectivity index (χ1) is 11.5. The van der Waals surface area contributed by atoms with Crippen molar-refractivity contribution in [2.75, 3.05) is 6.61 Å². The topological polar surface area (TPSA) is 93.5 Å². The molecule has 2 N–H and O–H groups in total. The van der Waals surface area contributed by atoms with Gasteiger partial charge in [-0.2, -0.15) is 5.10 Å². The van der Waals surface area contributed by atoms with E-state index < -0.39 is 17.9 Å². The molecule has 0 saturated heterocycles. The van der Waals surface area contributed by atoms with Crippen molar-refractivity contribution in [1.29, 1.82) is 0 Å². The summed E-state index contributed by atoms with van der Waals surface area (Å²) in [5.41, 5.74) is 2.34. The van der Waals surface area contributed by atoms with Gasteiger partial charge in [0, 0.05) is 25.2 Å². The van der Waals surface area contributed by atoms with Gasteiger partial charge in [0.15, 0.2) is 0 Å².